The van der Waals surface area contributed by atoms with Gasteiger partial charge in [-0.3, -0.25) is 4.90 Å². The summed E-state index contributed by atoms with van der Waals surface area (Å²) in [5, 5.41) is 17.2. The molecule has 0 spiro atoms. The first-order valence-electron chi connectivity index (χ1n) is 8.90. The molecule has 0 radical (unpaired) electrons. The topological polar surface area (TPSA) is 54.2 Å². The van der Waals surface area contributed by atoms with Crippen LogP contribution in [0.25, 0.3) is 0 Å². The average Bonchev–Trinajstić information content (AvgIpc) is 2.96. The lowest BCUT2D eigenvalue weighted by Gasteiger charge is -2.58. The molecule has 4 aliphatic rings. The minimum Gasteiger partial charge on any atom is -0.395 e. The molecule has 5 heteroatoms. The van der Waals surface area contributed by atoms with Gasteiger partial charge in [-0.05, 0) is 61.7 Å². The van der Waals surface area contributed by atoms with E-state index in [0.717, 1.165) is 37.4 Å². The maximum absolute atomic E-state index is 9.43. The van der Waals surface area contributed by atoms with Crippen molar-refractivity contribution in [1.29, 1.82) is 0 Å². The number of hydrogen-bond donors (Lipinski definition) is 1. The van der Waals surface area contributed by atoms with Gasteiger partial charge in [0.2, 0.25) is 0 Å². The van der Waals surface area contributed by atoms with Gasteiger partial charge < -0.3 is 9.67 Å². The van der Waals surface area contributed by atoms with Crippen molar-refractivity contribution >= 4 is 0 Å². The highest BCUT2D eigenvalue weighted by Gasteiger charge is 2.51. The lowest BCUT2D eigenvalue weighted by molar-refractivity contribution is -0.0705. The summed E-state index contributed by atoms with van der Waals surface area (Å²) in [5.41, 5.74) is 0.553. The van der Waals surface area contributed by atoms with Crippen LogP contribution < -0.4 is 0 Å². The third-order valence-corrected chi connectivity index (χ3v) is 6.28. The molecule has 0 aromatic carbocycles. The van der Waals surface area contributed by atoms with Crippen molar-refractivity contribution in [1.82, 2.24) is 19.7 Å². The van der Waals surface area contributed by atoms with E-state index < -0.39 is 0 Å². The molecule has 22 heavy (non-hydrogen) atoms. The number of nitrogens with zero attached hydrogens (tertiary/aromatic N) is 4. The molecule has 1 aromatic heterocycles. The third-order valence-electron chi connectivity index (χ3n) is 6.28. The number of hydrogen-bond acceptors (Lipinski definition) is 4. The molecule has 0 saturated heterocycles. The van der Waals surface area contributed by atoms with Gasteiger partial charge in [0.1, 0.15) is 12.7 Å². The SMILES string of the molecule is OCCN(CCn1cnnc1)CC12CC3CC(CC(C3)C1)C2. The zero-order chi connectivity index (χ0) is 15.0. The van der Waals surface area contributed by atoms with Crippen molar-refractivity contribution < 1.29 is 5.11 Å². The van der Waals surface area contributed by atoms with E-state index in [9.17, 15) is 5.11 Å². The zero-order valence-corrected chi connectivity index (χ0v) is 13.4. The molecule has 4 fully saturated rings. The molecule has 0 amide bonds. The quantitative estimate of drug-likeness (QED) is 0.834. The van der Waals surface area contributed by atoms with Crippen molar-refractivity contribution in [2.45, 2.75) is 45.1 Å². The summed E-state index contributed by atoms with van der Waals surface area (Å²) in [6.45, 7) is 4.14. The van der Waals surface area contributed by atoms with Gasteiger partial charge in [-0.15, -0.1) is 10.2 Å². The van der Waals surface area contributed by atoms with Crippen molar-refractivity contribution in [3.8, 4) is 0 Å². The minimum atomic E-state index is 0.258. The number of aromatic nitrogens is 3. The van der Waals surface area contributed by atoms with Gasteiger partial charge in [0.15, 0.2) is 0 Å². The van der Waals surface area contributed by atoms with Crippen LogP contribution in [-0.2, 0) is 6.54 Å². The van der Waals surface area contributed by atoms with E-state index in [0.29, 0.717) is 5.41 Å². The van der Waals surface area contributed by atoms with Gasteiger partial charge in [0.05, 0.1) is 6.61 Å². The van der Waals surface area contributed by atoms with Crippen LogP contribution in [0.3, 0.4) is 0 Å². The van der Waals surface area contributed by atoms with Crippen LogP contribution in [0, 0.1) is 23.2 Å². The van der Waals surface area contributed by atoms with Crippen LogP contribution in [-0.4, -0.2) is 51.0 Å². The van der Waals surface area contributed by atoms with E-state index in [1.165, 1.54) is 45.1 Å². The van der Waals surface area contributed by atoms with Crippen molar-refractivity contribution in [3.05, 3.63) is 12.7 Å². The second-order valence-corrected chi connectivity index (χ2v) is 8.12. The number of aliphatic hydroxyl groups is 1. The van der Waals surface area contributed by atoms with Crippen LogP contribution in [0.15, 0.2) is 12.7 Å². The van der Waals surface area contributed by atoms with E-state index in [1.54, 1.807) is 12.7 Å². The summed E-state index contributed by atoms with van der Waals surface area (Å²) in [6.07, 6.45) is 12.4. The van der Waals surface area contributed by atoms with Gasteiger partial charge in [-0.25, -0.2) is 0 Å². The highest BCUT2D eigenvalue weighted by Crippen LogP contribution is 2.60. The van der Waals surface area contributed by atoms with Gasteiger partial charge >= 0.3 is 0 Å². The van der Waals surface area contributed by atoms with E-state index in [1.807, 2.05) is 4.57 Å². The molecule has 1 N–H and O–H groups in total. The maximum atomic E-state index is 9.43. The van der Waals surface area contributed by atoms with Crippen molar-refractivity contribution in [2.24, 2.45) is 23.2 Å². The summed E-state index contributed by atoms with van der Waals surface area (Å²) >= 11 is 0. The van der Waals surface area contributed by atoms with E-state index >= 15 is 0 Å². The molecule has 1 heterocycles. The average molecular weight is 304 g/mol. The van der Waals surface area contributed by atoms with Gasteiger partial charge in [0.25, 0.3) is 0 Å². The Morgan fingerprint density at radius 1 is 1.00 bits per heavy atom. The fourth-order valence-corrected chi connectivity index (χ4v) is 5.96. The van der Waals surface area contributed by atoms with Gasteiger partial charge in [-0.1, -0.05) is 0 Å². The second-order valence-electron chi connectivity index (χ2n) is 8.12. The molecule has 1 aromatic rings. The van der Waals surface area contributed by atoms with Crippen molar-refractivity contribution in [3.63, 3.8) is 0 Å². The Kier molecular flexibility index (Phi) is 3.95. The van der Waals surface area contributed by atoms with Gasteiger partial charge in [0, 0.05) is 26.2 Å². The standard InChI is InChI=1S/C17H28N4O/c22-4-3-20(1-2-21-12-18-19-13-21)11-17-8-14-5-15(9-17)7-16(6-14)10-17/h12-16,22H,1-11H2. The Morgan fingerprint density at radius 2 is 1.59 bits per heavy atom. The minimum absolute atomic E-state index is 0.258. The first kappa shape index (κ1) is 14.6. The maximum Gasteiger partial charge on any atom is 0.119 e. The van der Waals surface area contributed by atoms with E-state index in [4.69, 9.17) is 0 Å². The highest BCUT2D eigenvalue weighted by molar-refractivity contribution is 5.02. The lowest BCUT2D eigenvalue weighted by Crippen LogP contribution is -2.52. The van der Waals surface area contributed by atoms with Gasteiger partial charge in [-0.2, -0.15) is 0 Å². The molecule has 4 bridgehead atoms. The summed E-state index contributed by atoms with van der Waals surface area (Å²) in [4.78, 5) is 2.48. The summed E-state index contributed by atoms with van der Waals surface area (Å²) in [5.74, 6) is 3.00. The number of rotatable bonds is 7. The molecule has 0 aliphatic heterocycles. The predicted molar refractivity (Wildman–Crippen MR) is 84.2 cm³/mol. The third kappa shape index (κ3) is 2.93. The summed E-state index contributed by atoms with van der Waals surface area (Å²) < 4.78 is 2.03. The molecule has 5 nitrogen and oxygen atoms in total. The molecule has 0 atom stereocenters. The Bertz CT molecular complexity index is 452. The molecular formula is C17H28N4O. The summed E-state index contributed by atoms with van der Waals surface area (Å²) in [7, 11) is 0. The summed E-state index contributed by atoms with van der Waals surface area (Å²) in [6, 6.07) is 0. The smallest absolute Gasteiger partial charge is 0.119 e. The molecular weight excluding hydrogens is 276 g/mol. The molecule has 5 rings (SSSR count). The first-order chi connectivity index (χ1) is 10.7. The predicted octanol–water partition coefficient (Wildman–Crippen LogP) is 1.79. The fourth-order valence-electron chi connectivity index (χ4n) is 5.96. The Morgan fingerprint density at radius 3 is 2.14 bits per heavy atom. The fraction of sp³-hybridized carbons (Fsp3) is 0.882. The Hall–Kier alpha value is -0.940. The highest BCUT2D eigenvalue weighted by atomic mass is 16.3. The molecule has 4 aliphatic carbocycles. The van der Waals surface area contributed by atoms with Crippen LogP contribution in [0.5, 0.6) is 0 Å². The van der Waals surface area contributed by atoms with Crippen molar-refractivity contribution in [2.75, 3.05) is 26.2 Å². The van der Waals surface area contributed by atoms with Crippen LogP contribution in [0.1, 0.15) is 38.5 Å². The normalized spacial score (nSPS) is 36.4. The van der Waals surface area contributed by atoms with E-state index in [2.05, 4.69) is 15.1 Å². The van der Waals surface area contributed by atoms with Crippen LogP contribution in [0.2, 0.25) is 0 Å². The Labute approximate surface area is 132 Å². The first-order valence-corrected chi connectivity index (χ1v) is 8.90. The number of aliphatic hydroxyl groups excluding tert-OH is 1. The molecule has 0 unspecified atom stereocenters. The largest absolute Gasteiger partial charge is 0.395 e. The second kappa shape index (κ2) is 5.93. The van der Waals surface area contributed by atoms with E-state index in [-0.39, 0.29) is 6.61 Å². The lowest BCUT2D eigenvalue weighted by atomic mass is 9.49. The van der Waals surface area contributed by atoms with Crippen LogP contribution >= 0.6 is 0 Å². The monoisotopic (exact) mass is 304 g/mol. The molecule has 4 saturated carbocycles. The van der Waals surface area contributed by atoms with Crippen LogP contribution in [0.4, 0.5) is 0 Å². The molecule has 122 valence electrons. The Balaban J connectivity index is 1.40. The zero-order valence-electron chi connectivity index (χ0n) is 13.4.